The molecule has 0 aliphatic heterocycles. The van der Waals surface area contributed by atoms with Crippen molar-refractivity contribution in [1.82, 2.24) is 4.72 Å². The van der Waals surface area contributed by atoms with Crippen LogP contribution in [0.5, 0.6) is 0 Å². The molecule has 0 unspecified atom stereocenters. The molecule has 0 amide bonds. The predicted molar refractivity (Wildman–Crippen MR) is 44.3 cm³/mol. The number of carbonyl (C=O) groups excluding carboxylic acids is 1. The minimum Gasteiger partial charge on any atom is -0.469 e. The van der Waals surface area contributed by atoms with Crippen molar-refractivity contribution in [3.05, 3.63) is 0 Å². The molecule has 0 spiro atoms. The summed E-state index contributed by atoms with van der Waals surface area (Å²) in [5.74, 6) is -0.465. The molecule has 0 aromatic heterocycles. The summed E-state index contributed by atoms with van der Waals surface area (Å²) in [5.41, 5.74) is 0. The van der Waals surface area contributed by atoms with E-state index in [2.05, 4.69) is 9.46 Å². The van der Waals surface area contributed by atoms with Crippen LogP contribution in [0.15, 0.2) is 0 Å². The Morgan fingerprint density at radius 3 is 2.58 bits per heavy atom. The second-order valence-corrected chi connectivity index (χ2v) is 4.34. The molecule has 0 bridgehead atoms. The quantitative estimate of drug-likeness (QED) is 0.503. The van der Waals surface area contributed by atoms with Gasteiger partial charge in [0.1, 0.15) is 5.21 Å². The first-order valence-corrected chi connectivity index (χ1v) is 5.30. The minimum absolute atomic E-state index is 0.00657. The molecule has 0 aliphatic rings. The molecular formula is C5H10ClNO4S. The summed E-state index contributed by atoms with van der Waals surface area (Å²) in [7, 11) is -2.18. The van der Waals surface area contributed by atoms with Gasteiger partial charge < -0.3 is 4.74 Å². The number of rotatable bonds is 5. The van der Waals surface area contributed by atoms with Crippen LogP contribution in [0.25, 0.3) is 0 Å². The molecule has 0 aromatic rings. The van der Waals surface area contributed by atoms with Crippen LogP contribution in [0.4, 0.5) is 0 Å². The summed E-state index contributed by atoms with van der Waals surface area (Å²) in [6.45, 7) is 0.0156. The van der Waals surface area contributed by atoms with Gasteiger partial charge in [0.05, 0.1) is 13.5 Å². The van der Waals surface area contributed by atoms with Crippen molar-refractivity contribution in [3.63, 3.8) is 0 Å². The van der Waals surface area contributed by atoms with Gasteiger partial charge in [-0.05, 0) is 0 Å². The Morgan fingerprint density at radius 2 is 2.17 bits per heavy atom. The minimum atomic E-state index is -3.42. The van der Waals surface area contributed by atoms with Crippen LogP contribution in [0, 0.1) is 0 Å². The molecule has 0 fully saturated rings. The number of ether oxygens (including phenoxy) is 1. The van der Waals surface area contributed by atoms with E-state index in [0.717, 1.165) is 0 Å². The third-order valence-electron chi connectivity index (χ3n) is 1.02. The normalized spacial score (nSPS) is 11.2. The highest BCUT2D eigenvalue weighted by Crippen LogP contribution is 1.89. The van der Waals surface area contributed by atoms with E-state index >= 15 is 0 Å². The lowest BCUT2D eigenvalue weighted by atomic mass is 10.4. The van der Waals surface area contributed by atoms with Crippen LogP contribution >= 0.6 is 11.6 Å². The highest BCUT2D eigenvalue weighted by Gasteiger charge is 2.08. The molecule has 0 aromatic carbocycles. The van der Waals surface area contributed by atoms with E-state index in [-0.39, 0.29) is 13.0 Å². The number of methoxy groups -OCH3 is 1. The van der Waals surface area contributed by atoms with Gasteiger partial charge in [-0.3, -0.25) is 4.79 Å². The third-order valence-corrected chi connectivity index (χ3v) is 2.82. The molecular weight excluding hydrogens is 206 g/mol. The van der Waals surface area contributed by atoms with Crippen molar-refractivity contribution < 1.29 is 17.9 Å². The van der Waals surface area contributed by atoms with Crippen LogP contribution in [0.1, 0.15) is 6.42 Å². The van der Waals surface area contributed by atoms with Crippen LogP contribution < -0.4 is 4.72 Å². The number of nitrogens with one attached hydrogen (secondary N) is 1. The van der Waals surface area contributed by atoms with Crippen molar-refractivity contribution in [2.45, 2.75) is 6.42 Å². The maximum absolute atomic E-state index is 10.7. The molecule has 0 heterocycles. The topological polar surface area (TPSA) is 72.5 Å². The van der Waals surface area contributed by atoms with Gasteiger partial charge in [0, 0.05) is 6.54 Å². The molecule has 72 valence electrons. The van der Waals surface area contributed by atoms with Crippen molar-refractivity contribution in [3.8, 4) is 0 Å². The second kappa shape index (κ2) is 5.34. The predicted octanol–water partition coefficient (Wildman–Crippen LogP) is -0.335. The van der Waals surface area contributed by atoms with Crippen molar-refractivity contribution in [2.24, 2.45) is 0 Å². The number of esters is 1. The molecule has 0 saturated carbocycles. The van der Waals surface area contributed by atoms with E-state index < -0.39 is 21.2 Å². The summed E-state index contributed by atoms with van der Waals surface area (Å²) in [6.07, 6.45) is 0.00657. The molecule has 7 heteroatoms. The Bertz CT molecular complexity index is 238. The first-order valence-electron chi connectivity index (χ1n) is 3.12. The summed E-state index contributed by atoms with van der Waals surface area (Å²) >= 11 is 5.08. The molecule has 0 atom stereocenters. The lowest BCUT2D eigenvalue weighted by Gasteiger charge is -2.01. The largest absolute Gasteiger partial charge is 0.469 e. The lowest BCUT2D eigenvalue weighted by Crippen LogP contribution is -2.27. The highest BCUT2D eigenvalue weighted by atomic mass is 35.5. The highest BCUT2D eigenvalue weighted by molar-refractivity contribution is 7.90. The Hall–Kier alpha value is -0.330. The summed E-state index contributed by atoms with van der Waals surface area (Å²) in [4.78, 5) is 10.5. The second-order valence-electron chi connectivity index (χ2n) is 1.94. The van der Waals surface area contributed by atoms with Crippen LogP contribution in [0.2, 0.25) is 0 Å². The Labute approximate surface area is 76.1 Å². The SMILES string of the molecule is COC(=O)CCNS(=O)(=O)CCl. The Balaban J connectivity index is 3.64. The van der Waals surface area contributed by atoms with Crippen molar-refractivity contribution in [1.29, 1.82) is 0 Å². The Morgan fingerprint density at radius 1 is 1.58 bits per heavy atom. The molecule has 0 radical (unpaired) electrons. The maximum Gasteiger partial charge on any atom is 0.306 e. The average molecular weight is 216 g/mol. The molecule has 1 N–H and O–H groups in total. The van der Waals surface area contributed by atoms with Gasteiger partial charge in [-0.15, -0.1) is 11.6 Å². The van der Waals surface area contributed by atoms with Crippen molar-refractivity contribution >= 4 is 27.6 Å². The molecule has 0 aliphatic carbocycles. The fourth-order valence-electron chi connectivity index (χ4n) is 0.449. The Kier molecular flexibility index (Phi) is 5.19. The molecule has 5 nitrogen and oxygen atoms in total. The van der Waals surface area contributed by atoms with Crippen molar-refractivity contribution in [2.75, 3.05) is 18.9 Å². The zero-order valence-electron chi connectivity index (χ0n) is 6.54. The summed E-state index contributed by atoms with van der Waals surface area (Å²) in [6, 6.07) is 0. The van der Waals surface area contributed by atoms with Crippen LogP contribution in [-0.4, -0.2) is 33.3 Å². The van der Waals surface area contributed by atoms with Gasteiger partial charge in [0.15, 0.2) is 0 Å². The van der Waals surface area contributed by atoms with Crippen LogP contribution in [-0.2, 0) is 19.6 Å². The van der Waals surface area contributed by atoms with E-state index in [1.54, 1.807) is 0 Å². The zero-order chi connectivity index (χ0) is 9.61. The zero-order valence-corrected chi connectivity index (χ0v) is 8.11. The van der Waals surface area contributed by atoms with E-state index in [1.165, 1.54) is 7.11 Å². The van der Waals surface area contributed by atoms with Gasteiger partial charge in [0.25, 0.3) is 0 Å². The monoisotopic (exact) mass is 215 g/mol. The average Bonchev–Trinajstić information content (AvgIpc) is 2.04. The number of halogens is 1. The van der Waals surface area contributed by atoms with Gasteiger partial charge in [-0.2, -0.15) is 0 Å². The van der Waals surface area contributed by atoms with E-state index in [1.807, 2.05) is 0 Å². The van der Waals surface area contributed by atoms with E-state index in [0.29, 0.717) is 0 Å². The molecule has 0 saturated heterocycles. The van der Waals surface area contributed by atoms with Gasteiger partial charge >= 0.3 is 5.97 Å². The first-order chi connectivity index (χ1) is 5.52. The number of sulfonamides is 1. The third kappa shape index (κ3) is 5.34. The number of hydrogen-bond donors (Lipinski definition) is 1. The number of hydrogen-bond acceptors (Lipinski definition) is 4. The smallest absolute Gasteiger partial charge is 0.306 e. The van der Waals surface area contributed by atoms with Crippen LogP contribution in [0.3, 0.4) is 0 Å². The van der Waals surface area contributed by atoms with Gasteiger partial charge in [-0.25, -0.2) is 13.1 Å². The standard InChI is InChI=1S/C5H10ClNO4S/c1-11-5(8)2-3-7-12(9,10)4-6/h7H,2-4H2,1H3. The maximum atomic E-state index is 10.7. The lowest BCUT2D eigenvalue weighted by molar-refractivity contribution is -0.140. The number of alkyl halides is 1. The first kappa shape index (κ1) is 11.7. The molecule has 12 heavy (non-hydrogen) atoms. The van der Waals surface area contributed by atoms with Gasteiger partial charge in [-0.1, -0.05) is 0 Å². The molecule has 0 rings (SSSR count). The fourth-order valence-corrected chi connectivity index (χ4v) is 1.17. The van der Waals surface area contributed by atoms with E-state index in [9.17, 15) is 13.2 Å². The summed E-state index contributed by atoms with van der Waals surface area (Å²) < 4.78 is 27.8. The van der Waals surface area contributed by atoms with Gasteiger partial charge in [0.2, 0.25) is 10.0 Å². The number of carbonyl (C=O) groups is 1. The van der Waals surface area contributed by atoms with E-state index in [4.69, 9.17) is 11.6 Å². The summed E-state index contributed by atoms with van der Waals surface area (Å²) in [5, 5.41) is -0.506. The fraction of sp³-hybridized carbons (Fsp3) is 0.800.